The van der Waals surface area contributed by atoms with Crippen molar-refractivity contribution in [1.82, 2.24) is 9.97 Å². The van der Waals surface area contributed by atoms with E-state index in [-0.39, 0.29) is 18.9 Å². The van der Waals surface area contributed by atoms with Crippen LogP contribution < -0.4 is 0 Å². The molecule has 0 aromatic carbocycles. The van der Waals surface area contributed by atoms with Gasteiger partial charge in [0.05, 0.1) is 18.9 Å². The fourth-order valence-corrected chi connectivity index (χ4v) is 2.58. The first-order valence-corrected chi connectivity index (χ1v) is 7.20. The fraction of sp³-hybridized carbons (Fsp3) is 0.235. The highest BCUT2D eigenvalue weighted by Gasteiger charge is 2.19. The lowest BCUT2D eigenvalue weighted by Crippen LogP contribution is -2.05. The third kappa shape index (κ3) is 3.22. The molecule has 0 bridgehead atoms. The highest BCUT2D eigenvalue weighted by Crippen LogP contribution is 2.29. The summed E-state index contributed by atoms with van der Waals surface area (Å²) in [7, 11) is 0. The minimum Gasteiger partial charge on any atom is -0.481 e. The summed E-state index contributed by atoms with van der Waals surface area (Å²) in [6, 6.07) is 7.28. The highest BCUT2D eigenvalue weighted by atomic mass is 16.4. The third-order valence-corrected chi connectivity index (χ3v) is 3.65. The van der Waals surface area contributed by atoms with Crippen LogP contribution in [0.3, 0.4) is 0 Å². The second kappa shape index (κ2) is 6.18. The maximum Gasteiger partial charge on any atom is 0.307 e. The third-order valence-electron chi connectivity index (χ3n) is 3.65. The SMILES string of the molecule is Cc1cc(C(CO)c2cc3cc(CC(=O)O)cnc3o2)ccn1. The minimum absolute atomic E-state index is 0.0869. The number of furan rings is 1. The van der Waals surface area contributed by atoms with Crippen molar-refractivity contribution in [3.63, 3.8) is 0 Å². The average molecular weight is 312 g/mol. The Bertz CT molecular complexity index is 857. The van der Waals surface area contributed by atoms with Crippen molar-refractivity contribution in [2.24, 2.45) is 0 Å². The first-order chi connectivity index (χ1) is 11.1. The van der Waals surface area contributed by atoms with E-state index in [0.29, 0.717) is 17.0 Å². The summed E-state index contributed by atoms with van der Waals surface area (Å²) in [5.41, 5.74) is 2.81. The van der Waals surface area contributed by atoms with E-state index < -0.39 is 5.97 Å². The van der Waals surface area contributed by atoms with Gasteiger partial charge in [-0.15, -0.1) is 0 Å². The van der Waals surface area contributed by atoms with E-state index in [1.54, 1.807) is 18.3 Å². The summed E-state index contributed by atoms with van der Waals surface area (Å²) in [6.45, 7) is 1.78. The lowest BCUT2D eigenvalue weighted by atomic mass is 9.97. The molecule has 0 aliphatic heterocycles. The molecular weight excluding hydrogens is 296 g/mol. The van der Waals surface area contributed by atoms with E-state index in [2.05, 4.69) is 9.97 Å². The zero-order chi connectivity index (χ0) is 16.4. The summed E-state index contributed by atoms with van der Waals surface area (Å²) >= 11 is 0. The molecule has 3 rings (SSSR count). The number of aliphatic carboxylic acids is 1. The molecule has 23 heavy (non-hydrogen) atoms. The van der Waals surface area contributed by atoms with E-state index in [0.717, 1.165) is 16.6 Å². The number of pyridine rings is 2. The number of fused-ring (bicyclic) bond motifs is 1. The van der Waals surface area contributed by atoms with Crippen LogP contribution >= 0.6 is 0 Å². The number of rotatable bonds is 5. The standard InChI is InChI=1S/C17H16N2O4/c1-10-4-12(2-3-18-10)14(9-20)15-7-13-5-11(6-16(21)22)8-19-17(13)23-15/h2-5,7-8,14,20H,6,9H2,1H3,(H,21,22). The van der Waals surface area contributed by atoms with Crippen LogP contribution in [0, 0.1) is 6.92 Å². The number of hydrogen-bond acceptors (Lipinski definition) is 5. The van der Waals surface area contributed by atoms with Crippen molar-refractivity contribution in [2.75, 3.05) is 6.61 Å². The summed E-state index contributed by atoms with van der Waals surface area (Å²) in [5.74, 6) is -0.628. The van der Waals surface area contributed by atoms with E-state index in [1.807, 2.05) is 19.1 Å². The molecular formula is C17H16N2O4. The molecule has 118 valence electrons. The number of carbonyl (C=O) groups is 1. The lowest BCUT2D eigenvalue weighted by Gasteiger charge is -2.11. The van der Waals surface area contributed by atoms with Crippen LogP contribution in [0.15, 0.2) is 41.1 Å². The van der Waals surface area contributed by atoms with Gasteiger partial charge in [-0.2, -0.15) is 0 Å². The van der Waals surface area contributed by atoms with Crippen molar-refractivity contribution < 1.29 is 19.4 Å². The van der Waals surface area contributed by atoms with Crippen LogP contribution in [0.1, 0.15) is 28.5 Å². The normalized spacial score (nSPS) is 12.4. The van der Waals surface area contributed by atoms with Gasteiger partial charge in [0.2, 0.25) is 5.71 Å². The fourth-order valence-electron chi connectivity index (χ4n) is 2.58. The van der Waals surface area contributed by atoms with E-state index in [4.69, 9.17) is 9.52 Å². The molecule has 0 saturated carbocycles. The predicted octanol–water partition coefficient (Wildman–Crippen LogP) is 2.28. The predicted molar refractivity (Wildman–Crippen MR) is 83.3 cm³/mol. The molecule has 3 heterocycles. The second-order valence-corrected chi connectivity index (χ2v) is 5.42. The quantitative estimate of drug-likeness (QED) is 0.750. The van der Waals surface area contributed by atoms with Gasteiger partial charge in [0.25, 0.3) is 0 Å². The molecule has 2 N–H and O–H groups in total. The zero-order valence-corrected chi connectivity index (χ0v) is 12.6. The number of carboxylic acids is 1. The second-order valence-electron chi connectivity index (χ2n) is 5.42. The maximum absolute atomic E-state index is 10.8. The number of aliphatic hydroxyl groups excluding tert-OH is 1. The number of nitrogens with zero attached hydrogens (tertiary/aromatic N) is 2. The molecule has 0 aliphatic rings. The van der Waals surface area contributed by atoms with Gasteiger partial charge >= 0.3 is 5.97 Å². The Morgan fingerprint density at radius 3 is 2.83 bits per heavy atom. The molecule has 1 atom stereocenters. The van der Waals surface area contributed by atoms with E-state index in [9.17, 15) is 9.90 Å². The molecule has 0 radical (unpaired) electrons. The smallest absolute Gasteiger partial charge is 0.307 e. The Morgan fingerprint density at radius 1 is 1.30 bits per heavy atom. The van der Waals surface area contributed by atoms with Crippen LogP contribution in [-0.4, -0.2) is 32.8 Å². The monoisotopic (exact) mass is 312 g/mol. The molecule has 3 aromatic rings. The van der Waals surface area contributed by atoms with Gasteiger partial charge in [0.1, 0.15) is 5.76 Å². The summed E-state index contributed by atoms with van der Waals surface area (Å²) < 4.78 is 5.74. The lowest BCUT2D eigenvalue weighted by molar-refractivity contribution is -0.136. The zero-order valence-electron chi connectivity index (χ0n) is 12.6. The molecule has 6 nitrogen and oxygen atoms in total. The van der Waals surface area contributed by atoms with E-state index >= 15 is 0 Å². The van der Waals surface area contributed by atoms with Gasteiger partial charge in [-0.05, 0) is 42.3 Å². The summed E-state index contributed by atoms with van der Waals surface area (Å²) in [4.78, 5) is 19.1. The average Bonchev–Trinajstić information content (AvgIpc) is 2.90. The molecule has 0 amide bonds. The molecule has 6 heteroatoms. The Morgan fingerprint density at radius 2 is 2.13 bits per heavy atom. The molecule has 0 fully saturated rings. The number of carboxylic acid groups (broad SMARTS) is 1. The van der Waals surface area contributed by atoms with Crippen LogP contribution in [0.25, 0.3) is 11.1 Å². The van der Waals surface area contributed by atoms with Crippen molar-refractivity contribution >= 4 is 17.1 Å². The summed E-state index contributed by atoms with van der Waals surface area (Å²) in [6.07, 6.45) is 3.10. The Labute approximate surface area is 132 Å². The Hall–Kier alpha value is -2.73. The van der Waals surface area contributed by atoms with Crippen molar-refractivity contribution in [3.8, 4) is 0 Å². The topological polar surface area (TPSA) is 96.5 Å². The van der Waals surface area contributed by atoms with E-state index in [1.165, 1.54) is 6.20 Å². The number of aliphatic hydroxyl groups is 1. The van der Waals surface area contributed by atoms with Crippen molar-refractivity contribution in [2.45, 2.75) is 19.3 Å². The maximum atomic E-state index is 10.8. The molecule has 1 unspecified atom stereocenters. The van der Waals surface area contributed by atoms with Crippen molar-refractivity contribution in [1.29, 1.82) is 0 Å². The first-order valence-electron chi connectivity index (χ1n) is 7.20. The van der Waals surface area contributed by atoms with Gasteiger partial charge in [-0.25, -0.2) is 4.98 Å². The van der Waals surface area contributed by atoms with Crippen LogP contribution in [-0.2, 0) is 11.2 Å². The highest BCUT2D eigenvalue weighted by molar-refractivity contribution is 5.77. The Kier molecular flexibility index (Phi) is 4.08. The number of hydrogen-bond donors (Lipinski definition) is 2. The van der Waals surface area contributed by atoms with Crippen molar-refractivity contribution in [3.05, 3.63) is 59.2 Å². The van der Waals surface area contributed by atoms with Crippen LogP contribution in [0.4, 0.5) is 0 Å². The molecule has 3 aromatic heterocycles. The van der Waals surface area contributed by atoms with Gasteiger partial charge in [-0.1, -0.05) is 0 Å². The van der Waals surface area contributed by atoms with Gasteiger partial charge in [-0.3, -0.25) is 9.78 Å². The number of aryl methyl sites for hydroxylation is 1. The van der Waals surface area contributed by atoms with Gasteiger partial charge in [0, 0.05) is 23.5 Å². The minimum atomic E-state index is -0.907. The first kappa shape index (κ1) is 15.2. The Balaban J connectivity index is 1.99. The van der Waals surface area contributed by atoms with Gasteiger partial charge in [0.15, 0.2) is 0 Å². The summed E-state index contributed by atoms with van der Waals surface area (Å²) in [5, 5.41) is 19.3. The van der Waals surface area contributed by atoms with Crippen LogP contribution in [0.2, 0.25) is 0 Å². The molecule has 0 saturated heterocycles. The molecule has 0 aliphatic carbocycles. The molecule has 0 spiro atoms. The van der Waals surface area contributed by atoms with Gasteiger partial charge < -0.3 is 14.6 Å². The van der Waals surface area contributed by atoms with Crippen LogP contribution in [0.5, 0.6) is 0 Å². The number of aromatic nitrogens is 2. The largest absolute Gasteiger partial charge is 0.481 e.